The molecule has 2 rings (SSSR count). The van der Waals surface area contributed by atoms with Crippen molar-refractivity contribution in [2.45, 2.75) is 117 Å². The van der Waals surface area contributed by atoms with Gasteiger partial charge in [-0.3, -0.25) is 28.8 Å². The highest BCUT2D eigenvalue weighted by atomic mass is 32.2. The van der Waals surface area contributed by atoms with Gasteiger partial charge in [0.15, 0.2) is 0 Å². The minimum Gasteiger partial charge on any atom is -0.344 e. The molecule has 1 aromatic rings. The van der Waals surface area contributed by atoms with Crippen molar-refractivity contribution in [3.63, 3.8) is 0 Å². The van der Waals surface area contributed by atoms with Crippen LogP contribution in [-0.4, -0.2) is 74.2 Å². The monoisotopic (exact) mass is 691 g/mol. The first kappa shape index (κ1) is 40.4. The summed E-state index contributed by atoms with van der Waals surface area (Å²) in [5.74, 6) is -4.91. The van der Waals surface area contributed by atoms with Gasteiger partial charge in [-0.2, -0.15) is 0 Å². The van der Waals surface area contributed by atoms with Crippen molar-refractivity contribution >= 4 is 45.3 Å². The summed E-state index contributed by atoms with van der Waals surface area (Å²) in [7, 11) is -4.00. The fraction of sp³-hybridized carbons (Fsp3) is 0.647. The van der Waals surface area contributed by atoms with E-state index in [-0.39, 0.29) is 30.6 Å². The number of amides is 5. The summed E-state index contributed by atoms with van der Waals surface area (Å²) in [6.45, 7) is 9.06. The molecule has 14 heteroatoms. The summed E-state index contributed by atoms with van der Waals surface area (Å²) in [6, 6.07) is 4.13. The van der Waals surface area contributed by atoms with Crippen LogP contribution in [0.1, 0.15) is 103 Å². The maximum atomic E-state index is 13.9. The van der Waals surface area contributed by atoms with Crippen LogP contribution in [0.15, 0.2) is 30.3 Å². The van der Waals surface area contributed by atoms with Gasteiger partial charge in [0.25, 0.3) is 5.91 Å². The van der Waals surface area contributed by atoms with Crippen molar-refractivity contribution < 1.29 is 37.2 Å². The summed E-state index contributed by atoms with van der Waals surface area (Å²) in [5, 5.41) is 11.0. The largest absolute Gasteiger partial charge is 0.344 e. The van der Waals surface area contributed by atoms with Gasteiger partial charge in [0, 0.05) is 5.56 Å². The van der Waals surface area contributed by atoms with Crippen molar-refractivity contribution in [3.8, 4) is 0 Å². The molecule has 0 spiro atoms. The van der Waals surface area contributed by atoms with E-state index in [0.717, 1.165) is 38.4 Å². The lowest BCUT2D eigenvalue weighted by molar-refractivity contribution is -0.139. The van der Waals surface area contributed by atoms with E-state index < -0.39 is 69.5 Å². The number of carbonyl (C=O) groups is 6. The molecule has 5 N–H and O–H groups in total. The van der Waals surface area contributed by atoms with Crippen molar-refractivity contribution in [1.29, 1.82) is 0 Å². The Bertz CT molecular complexity index is 1380. The van der Waals surface area contributed by atoms with Crippen LogP contribution < -0.4 is 26.0 Å². The van der Waals surface area contributed by atoms with Gasteiger partial charge in [0.05, 0.1) is 12.3 Å². The van der Waals surface area contributed by atoms with Crippen LogP contribution in [0.25, 0.3) is 0 Å². The second-order valence-electron chi connectivity index (χ2n) is 13.2. The molecule has 1 aliphatic rings. The van der Waals surface area contributed by atoms with E-state index in [1.165, 1.54) is 0 Å². The summed E-state index contributed by atoms with van der Waals surface area (Å²) in [6.07, 6.45) is 6.61. The minimum atomic E-state index is -4.00. The third kappa shape index (κ3) is 13.4. The molecule has 13 nitrogen and oxygen atoms in total. The molecular formula is C34H53N5O8S. The smallest absolute Gasteiger partial charge is 0.303 e. The molecule has 1 fully saturated rings. The summed E-state index contributed by atoms with van der Waals surface area (Å²) < 4.78 is 24.6. The molecule has 1 saturated carbocycles. The lowest BCUT2D eigenvalue weighted by Gasteiger charge is -2.31. The molecule has 268 valence electrons. The van der Waals surface area contributed by atoms with Gasteiger partial charge in [-0.05, 0) is 49.1 Å². The van der Waals surface area contributed by atoms with Crippen LogP contribution in [0.4, 0.5) is 0 Å². The molecule has 5 amide bonds. The van der Waals surface area contributed by atoms with Gasteiger partial charge in [-0.1, -0.05) is 91.3 Å². The molecule has 0 aliphatic heterocycles. The third-order valence-corrected chi connectivity index (χ3v) is 9.18. The van der Waals surface area contributed by atoms with E-state index in [2.05, 4.69) is 21.3 Å². The predicted octanol–water partition coefficient (Wildman–Crippen LogP) is 2.36. The van der Waals surface area contributed by atoms with Crippen LogP contribution in [0, 0.1) is 17.8 Å². The quantitative estimate of drug-likeness (QED) is 0.145. The summed E-state index contributed by atoms with van der Waals surface area (Å²) >= 11 is 0. The first-order valence-corrected chi connectivity index (χ1v) is 18.8. The summed E-state index contributed by atoms with van der Waals surface area (Å²) in [4.78, 5) is 79.1. The number of carbonyl (C=O) groups excluding carboxylic acids is 6. The second kappa shape index (κ2) is 19.3. The highest BCUT2D eigenvalue weighted by Gasteiger charge is 2.35. The van der Waals surface area contributed by atoms with E-state index >= 15 is 0 Å². The average molecular weight is 692 g/mol. The Hall–Kier alpha value is -3.81. The van der Waals surface area contributed by atoms with E-state index in [0.29, 0.717) is 18.4 Å². The molecule has 1 aromatic carbocycles. The van der Waals surface area contributed by atoms with Gasteiger partial charge in [0.1, 0.15) is 18.1 Å². The highest BCUT2D eigenvalue weighted by Crippen LogP contribution is 2.27. The first-order valence-electron chi connectivity index (χ1n) is 16.9. The first-order chi connectivity index (χ1) is 22.6. The minimum absolute atomic E-state index is 0.00332. The maximum absolute atomic E-state index is 13.9. The normalized spacial score (nSPS) is 16.8. The van der Waals surface area contributed by atoms with E-state index in [4.69, 9.17) is 0 Å². The standard InChI is InChI=1S/C34H53N5O8S/c1-7-22(5)28(38-32(43)26(19-21(3)4)36-30(41)24-17-13-10-14-18-24)33(44)37-27(20-23-15-11-9-12-16-23)31(42)35-25(8-2)29(40)34(45)39-48(6,46)47/h10,13-14,17-18,21-23,25-28H,7-9,11-12,15-16,19-20H2,1-6H3,(H,35,42)(H,36,41)(H,37,44)(H,38,43)(H,39,45)/t22-,25-,26-,27-,28-/m0/s1. The molecule has 0 bridgehead atoms. The van der Waals surface area contributed by atoms with E-state index in [1.807, 2.05) is 20.8 Å². The van der Waals surface area contributed by atoms with Crippen LogP contribution in [-0.2, 0) is 34.0 Å². The fourth-order valence-electron chi connectivity index (χ4n) is 5.74. The van der Waals surface area contributed by atoms with Crippen LogP contribution in [0.3, 0.4) is 0 Å². The molecule has 0 aromatic heterocycles. The number of sulfonamides is 1. The highest BCUT2D eigenvalue weighted by molar-refractivity contribution is 7.89. The SMILES string of the molecule is CC[C@H](NC(=O)[C@H](CC1CCCCC1)NC(=O)[C@@H](NC(=O)[C@H](CC(C)C)NC(=O)c1ccccc1)[C@@H](C)CC)C(=O)C(=O)NS(C)(=O)=O. The lowest BCUT2D eigenvalue weighted by atomic mass is 9.84. The molecule has 0 saturated heterocycles. The second-order valence-corrected chi connectivity index (χ2v) is 15.0. The Morgan fingerprint density at radius 2 is 1.33 bits per heavy atom. The van der Waals surface area contributed by atoms with Crippen molar-refractivity contribution in [1.82, 2.24) is 26.0 Å². The van der Waals surface area contributed by atoms with Crippen molar-refractivity contribution in [2.24, 2.45) is 17.8 Å². The van der Waals surface area contributed by atoms with Gasteiger partial charge in [0.2, 0.25) is 33.5 Å². The molecule has 48 heavy (non-hydrogen) atoms. The van der Waals surface area contributed by atoms with Gasteiger partial charge < -0.3 is 21.3 Å². The molecule has 0 heterocycles. The molecule has 5 atom stereocenters. The van der Waals surface area contributed by atoms with Gasteiger partial charge in [-0.25, -0.2) is 13.1 Å². The Labute approximate surface area is 284 Å². The zero-order chi connectivity index (χ0) is 36.0. The number of hydrogen-bond acceptors (Lipinski definition) is 8. The maximum Gasteiger partial charge on any atom is 0.303 e. The topological polar surface area (TPSA) is 197 Å². The molecular weight excluding hydrogens is 638 g/mol. The molecule has 1 aliphatic carbocycles. The number of ketones is 1. The van der Waals surface area contributed by atoms with E-state index in [9.17, 15) is 37.2 Å². The molecule has 0 radical (unpaired) electrons. The predicted molar refractivity (Wildman–Crippen MR) is 182 cm³/mol. The molecule has 0 unspecified atom stereocenters. The van der Waals surface area contributed by atoms with Crippen molar-refractivity contribution in [3.05, 3.63) is 35.9 Å². The Balaban J connectivity index is 2.29. The Morgan fingerprint density at radius 3 is 1.88 bits per heavy atom. The Kier molecular flexibility index (Phi) is 16.2. The average Bonchev–Trinajstić information content (AvgIpc) is 3.04. The Morgan fingerprint density at radius 1 is 0.750 bits per heavy atom. The lowest BCUT2D eigenvalue weighted by Crippen LogP contribution is -2.60. The van der Waals surface area contributed by atoms with Gasteiger partial charge in [-0.15, -0.1) is 0 Å². The van der Waals surface area contributed by atoms with E-state index in [1.54, 1.807) is 48.9 Å². The van der Waals surface area contributed by atoms with Crippen LogP contribution >= 0.6 is 0 Å². The number of rotatable bonds is 18. The third-order valence-electron chi connectivity index (χ3n) is 8.63. The zero-order valence-corrected chi connectivity index (χ0v) is 29.8. The number of hydrogen-bond donors (Lipinski definition) is 5. The summed E-state index contributed by atoms with van der Waals surface area (Å²) in [5.41, 5.74) is 0.393. The number of benzene rings is 1. The zero-order valence-electron chi connectivity index (χ0n) is 29.0. The van der Waals surface area contributed by atoms with Crippen molar-refractivity contribution in [2.75, 3.05) is 6.26 Å². The number of Topliss-reactive ketones (excluding diaryl/α,β-unsaturated/α-hetero) is 1. The van der Waals surface area contributed by atoms with Crippen LogP contribution in [0.5, 0.6) is 0 Å². The van der Waals surface area contributed by atoms with Crippen LogP contribution in [0.2, 0.25) is 0 Å². The fourth-order valence-corrected chi connectivity index (χ4v) is 6.18. The number of nitrogens with one attached hydrogen (secondary N) is 5. The van der Waals surface area contributed by atoms with Gasteiger partial charge >= 0.3 is 5.91 Å².